The molecule has 0 aromatic heterocycles. The predicted molar refractivity (Wildman–Crippen MR) is 45.7 cm³/mol. The van der Waals surface area contributed by atoms with Crippen LogP contribution in [0.15, 0.2) is 0 Å². The average molecular weight is 172 g/mol. The van der Waals surface area contributed by atoms with E-state index in [0.717, 1.165) is 13.0 Å². The summed E-state index contributed by atoms with van der Waals surface area (Å²) in [5.74, 6) is 0.138. The molecule has 4 nitrogen and oxygen atoms in total. The molecule has 70 valence electrons. The lowest BCUT2D eigenvalue weighted by molar-refractivity contribution is -0.119. The van der Waals surface area contributed by atoms with Crippen molar-refractivity contribution in [2.75, 3.05) is 13.1 Å². The van der Waals surface area contributed by atoms with Crippen LogP contribution in [0, 0.1) is 0 Å². The van der Waals surface area contributed by atoms with Gasteiger partial charge in [-0.3, -0.25) is 4.79 Å². The minimum absolute atomic E-state index is 0.138. The molecule has 0 radical (unpaired) electrons. The first-order chi connectivity index (χ1) is 5.68. The summed E-state index contributed by atoms with van der Waals surface area (Å²) >= 11 is 0. The zero-order valence-corrected chi connectivity index (χ0v) is 7.34. The van der Waals surface area contributed by atoms with Crippen LogP contribution in [0.1, 0.15) is 19.8 Å². The molecule has 1 saturated heterocycles. The number of aliphatic hydroxyl groups is 1. The fourth-order valence-electron chi connectivity index (χ4n) is 1.30. The minimum atomic E-state index is -0.317. The molecule has 0 bridgehead atoms. The highest BCUT2D eigenvalue weighted by molar-refractivity contribution is 5.78. The number of nitrogens with one attached hydrogen (secondary N) is 2. The summed E-state index contributed by atoms with van der Waals surface area (Å²) in [7, 11) is 0. The third-order valence-corrected chi connectivity index (χ3v) is 1.92. The van der Waals surface area contributed by atoms with Crippen LogP contribution in [-0.2, 0) is 4.79 Å². The van der Waals surface area contributed by atoms with Crippen LogP contribution in [-0.4, -0.2) is 36.2 Å². The van der Waals surface area contributed by atoms with Crippen molar-refractivity contribution in [2.45, 2.75) is 31.9 Å². The smallest absolute Gasteiger partial charge is 0.220 e. The lowest BCUT2D eigenvalue weighted by Crippen LogP contribution is -2.38. The Kier molecular flexibility index (Phi) is 3.49. The molecule has 0 spiro atoms. The lowest BCUT2D eigenvalue weighted by atomic mass is 10.2. The number of hydrogen-bond acceptors (Lipinski definition) is 3. The van der Waals surface area contributed by atoms with Crippen LogP contribution < -0.4 is 10.6 Å². The Morgan fingerprint density at radius 1 is 1.83 bits per heavy atom. The molecule has 1 amide bonds. The lowest BCUT2D eigenvalue weighted by Gasteiger charge is -2.11. The van der Waals surface area contributed by atoms with Gasteiger partial charge in [0.2, 0.25) is 5.91 Å². The van der Waals surface area contributed by atoms with E-state index in [1.165, 1.54) is 0 Å². The largest absolute Gasteiger partial charge is 0.392 e. The Morgan fingerprint density at radius 3 is 3.08 bits per heavy atom. The maximum absolute atomic E-state index is 10.8. The molecule has 1 aliphatic rings. The van der Waals surface area contributed by atoms with Crippen molar-refractivity contribution in [3.8, 4) is 0 Å². The van der Waals surface area contributed by atoms with Crippen molar-refractivity contribution in [1.29, 1.82) is 0 Å². The van der Waals surface area contributed by atoms with E-state index in [1.54, 1.807) is 6.92 Å². The van der Waals surface area contributed by atoms with Crippen molar-refractivity contribution < 1.29 is 9.90 Å². The van der Waals surface area contributed by atoms with Gasteiger partial charge in [-0.1, -0.05) is 0 Å². The fraction of sp³-hybridized carbons (Fsp3) is 0.875. The maximum Gasteiger partial charge on any atom is 0.220 e. The van der Waals surface area contributed by atoms with Gasteiger partial charge in [0.25, 0.3) is 0 Å². The normalized spacial score (nSPS) is 25.5. The topological polar surface area (TPSA) is 61.4 Å². The number of rotatable bonds is 4. The Hall–Kier alpha value is -0.610. The molecular weight excluding hydrogens is 156 g/mol. The molecule has 0 aromatic carbocycles. The highest BCUT2D eigenvalue weighted by Crippen LogP contribution is 2.04. The van der Waals surface area contributed by atoms with Crippen LogP contribution in [0.3, 0.4) is 0 Å². The second kappa shape index (κ2) is 4.42. The molecule has 3 N–H and O–H groups in total. The van der Waals surface area contributed by atoms with E-state index in [4.69, 9.17) is 5.11 Å². The molecule has 0 saturated carbocycles. The van der Waals surface area contributed by atoms with Crippen LogP contribution >= 0.6 is 0 Å². The van der Waals surface area contributed by atoms with Gasteiger partial charge in [-0.05, 0) is 13.3 Å². The SMILES string of the molecule is C[C@H](O)CNCC1CCC(=O)N1. The molecular formula is C8H16N2O2. The van der Waals surface area contributed by atoms with Crippen molar-refractivity contribution in [3.05, 3.63) is 0 Å². The standard InChI is InChI=1S/C8H16N2O2/c1-6(11)4-9-5-7-2-3-8(12)10-7/h6-7,9,11H,2-5H2,1H3,(H,10,12)/t6-,7?/m0/s1. The van der Waals surface area contributed by atoms with Gasteiger partial charge in [0.15, 0.2) is 0 Å². The van der Waals surface area contributed by atoms with E-state index in [2.05, 4.69) is 10.6 Å². The van der Waals surface area contributed by atoms with Crippen molar-refractivity contribution in [3.63, 3.8) is 0 Å². The maximum atomic E-state index is 10.8. The van der Waals surface area contributed by atoms with E-state index in [9.17, 15) is 4.79 Å². The highest BCUT2D eigenvalue weighted by Gasteiger charge is 2.19. The van der Waals surface area contributed by atoms with Crippen LogP contribution in [0.4, 0.5) is 0 Å². The predicted octanol–water partition coefficient (Wildman–Crippen LogP) is -0.765. The van der Waals surface area contributed by atoms with Gasteiger partial charge in [-0.15, -0.1) is 0 Å². The first-order valence-corrected chi connectivity index (χ1v) is 4.36. The van der Waals surface area contributed by atoms with Crippen LogP contribution in [0.2, 0.25) is 0 Å². The molecule has 1 rings (SSSR count). The van der Waals surface area contributed by atoms with Gasteiger partial charge in [0, 0.05) is 25.6 Å². The van der Waals surface area contributed by atoms with Gasteiger partial charge >= 0.3 is 0 Å². The van der Waals surface area contributed by atoms with E-state index >= 15 is 0 Å². The van der Waals surface area contributed by atoms with Gasteiger partial charge in [0.05, 0.1) is 6.10 Å². The average Bonchev–Trinajstić information content (AvgIpc) is 2.35. The number of carbonyl (C=O) groups is 1. The molecule has 1 heterocycles. The van der Waals surface area contributed by atoms with Gasteiger partial charge in [0.1, 0.15) is 0 Å². The molecule has 4 heteroatoms. The van der Waals surface area contributed by atoms with Crippen molar-refractivity contribution in [2.24, 2.45) is 0 Å². The Bertz CT molecular complexity index is 159. The fourth-order valence-corrected chi connectivity index (χ4v) is 1.30. The summed E-state index contributed by atoms with van der Waals surface area (Å²) in [6.45, 7) is 3.09. The summed E-state index contributed by atoms with van der Waals surface area (Å²) in [5.41, 5.74) is 0. The van der Waals surface area contributed by atoms with E-state index < -0.39 is 0 Å². The summed E-state index contributed by atoms with van der Waals surface area (Å²) in [6.07, 6.45) is 1.23. The first-order valence-electron chi connectivity index (χ1n) is 4.36. The Labute approximate surface area is 72.3 Å². The van der Waals surface area contributed by atoms with E-state index in [-0.39, 0.29) is 18.1 Å². The molecule has 1 unspecified atom stereocenters. The molecule has 12 heavy (non-hydrogen) atoms. The Balaban J connectivity index is 2.04. The molecule has 1 aliphatic heterocycles. The van der Waals surface area contributed by atoms with E-state index in [1.807, 2.05) is 0 Å². The second-order valence-electron chi connectivity index (χ2n) is 3.31. The number of aliphatic hydroxyl groups excluding tert-OH is 1. The number of carbonyl (C=O) groups excluding carboxylic acids is 1. The molecule has 0 aromatic rings. The molecule has 2 atom stereocenters. The van der Waals surface area contributed by atoms with Crippen molar-refractivity contribution in [1.82, 2.24) is 10.6 Å². The monoisotopic (exact) mass is 172 g/mol. The second-order valence-corrected chi connectivity index (χ2v) is 3.31. The van der Waals surface area contributed by atoms with Crippen LogP contribution in [0.25, 0.3) is 0 Å². The summed E-state index contributed by atoms with van der Waals surface area (Å²) in [4.78, 5) is 10.8. The summed E-state index contributed by atoms with van der Waals surface area (Å²) in [5, 5.41) is 14.9. The Morgan fingerprint density at radius 2 is 2.58 bits per heavy atom. The zero-order valence-electron chi connectivity index (χ0n) is 7.34. The molecule has 1 fully saturated rings. The number of amides is 1. The minimum Gasteiger partial charge on any atom is -0.392 e. The third-order valence-electron chi connectivity index (χ3n) is 1.92. The van der Waals surface area contributed by atoms with Gasteiger partial charge < -0.3 is 15.7 Å². The van der Waals surface area contributed by atoms with Gasteiger partial charge in [-0.2, -0.15) is 0 Å². The zero-order chi connectivity index (χ0) is 8.97. The quantitative estimate of drug-likeness (QED) is 0.522. The number of hydrogen-bond donors (Lipinski definition) is 3. The summed E-state index contributed by atoms with van der Waals surface area (Å²) < 4.78 is 0. The van der Waals surface area contributed by atoms with Gasteiger partial charge in [-0.25, -0.2) is 0 Å². The summed E-state index contributed by atoms with van der Waals surface area (Å²) in [6, 6.07) is 0.260. The van der Waals surface area contributed by atoms with Crippen molar-refractivity contribution >= 4 is 5.91 Å². The van der Waals surface area contributed by atoms with E-state index in [0.29, 0.717) is 13.0 Å². The van der Waals surface area contributed by atoms with Crippen LogP contribution in [0.5, 0.6) is 0 Å². The first kappa shape index (κ1) is 9.48. The highest BCUT2D eigenvalue weighted by atomic mass is 16.3. The third kappa shape index (κ3) is 3.19. The molecule has 0 aliphatic carbocycles.